The second-order valence-electron chi connectivity index (χ2n) is 5.77. The van der Waals surface area contributed by atoms with Gasteiger partial charge in [-0.1, -0.05) is 13.8 Å². The summed E-state index contributed by atoms with van der Waals surface area (Å²) in [5.74, 6) is 0.0254. The predicted octanol–water partition coefficient (Wildman–Crippen LogP) is 2.47. The van der Waals surface area contributed by atoms with Crippen molar-refractivity contribution in [3.05, 3.63) is 16.0 Å². The van der Waals surface area contributed by atoms with Gasteiger partial charge in [-0.25, -0.2) is 0 Å². The van der Waals surface area contributed by atoms with Crippen LogP contribution in [0.3, 0.4) is 0 Å². The molecule has 0 saturated heterocycles. The number of amides is 1. The van der Waals surface area contributed by atoms with Crippen LogP contribution in [0, 0.1) is 22.7 Å². The minimum atomic E-state index is -0.455. The summed E-state index contributed by atoms with van der Waals surface area (Å²) in [6, 6.07) is 2.50. The Hall–Kier alpha value is -1.54. The first kappa shape index (κ1) is 13.9. The third kappa shape index (κ3) is 2.45. The van der Waals surface area contributed by atoms with Gasteiger partial charge in [0.25, 0.3) is 5.91 Å². The molecule has 1 aliphatic rings. The molecule has 1 aromatic rings. The van der Waals surface area contributed by atoms with Crippen LogP contribution in [0.2, 0.25) is 0 Å². The van der Waals surface area contributed by atoms with Crippen LogP contribution in [0.25, 0.3) is 0 Å². The number of anilines is 1. The molecule has 4 nitrogen and oxygen atoms in total. The van der Waals surface area contributed by atoms with E-state index in [1.54, 1.807) is 0 Å². The van der Waals surface area contributed by atoms with Gasteiger partial charge in [0.1, 0.15) is 0 Å². The molecule has 0 spiro atoms. The standard InChI is InChI=1S/C14H19N3OS/c1-8(2)5-14(7-15)4-3-9-10(6-14)19-13(17)11(9)12(16)18/h8H,3-6,17H2,1-2H3,(H2,16,18). The monoisotopic (exact) mass is 277 g/mol. The molecule has 19 heavy (non-hydrogen) atoms. The molecule has 102 valence electrons. The fraction of sp³-hybridized carbons (Fsp3) is 0.571. The number of nitrogens with zero attached hydrogens (tertiary/aromatic N) is 1. The summed E-state index contributed by atoms with van der Waals surface area (Å²) in [5.41, 5.74) is 12.4. The normalized spacial score (nSPS) is 22.0. The first-order valence-corrected chi connectivity index (χ1v) is 7.31. The zero-order chi connectivity index (χ0) is 14.2. The highest BCUT2D eigenvalue weighted by molar-refractivity contribution is 7.16. The summed E-state index contributed by atoms with van der Waals surface area (Å²) in [7, 11) is 0. The molecule has 1 amide bonds. The van der Waals surface area contributed by atoms with E-state index in [0.717, 1.165) is 29.7 Å². The Labute approximate surface area is 117 Å². The average molecular weight is 277 g/mol. The van der Waals surface area contributed by atoms with Gasteiger partial charge in [-0.2, -0.15) is 5.26 Å². The molecule has 1 aliphatic carbocycles. The lowest BCUT2D eigenvalue weighted by Crippen LogP contribution is -2.29. The van der Waals surface area contributed by atoms with Crippen LogP contribution in [0.15, 0.2) is 0 Å². The fourth-order valence-electron chi connectivity index (χ4n) is 3.07. The molecular formula is C14H19N3OS. The van der Waals surface area contributed by atoms with Gasteiger partial charge in [0.05, 0.1) is 22.0 Å². The number of carbonyl (C=O) groups excluding carboxylic acids is 1. The average Bonchev–Trinajstić information content (AvgIpc) is 2.63. The molecule has 1 aromatic heterocycles. The van der Waals surface area contributed by atoms with Gasteiger partial charge in [-0.05, 0) is 30.7 Å². The van der Waals surface area contributed by atoms with Gasteiger partial charge >= 0.3 is 0 Å². The van der Waals surface area contributed by atoms with E-state index < -0.39 is 5.91 Å². The molecule has 1 atom stereocenters. The van der Waals surface area contributed by atoms with Crippen molar-refractivity contribution in [2.45, 2.75) is 39.5 Å². The maximum atomic E-state index is 11.4. The number of fused-ring (bicyclic) bond motifs is 1. The summed E-state index contributed by atoms with van der Waals surface area (Å²) in [6.45, 7) is 4.26. The first-order chi connectivity index (χ1) is 8.88. The number of carbonyl (C=O) groups is 1. The number of nitrogens with two attached hydrogens (primary N) is 2. The third-order valence-electron chi connectivity index (χ3n) is 3.75. The molecule has 1 unspecified atom stereocenters. The van der Waals surface area contributed by atoms with Gasteiger partial charge in [-0.15, -0.1) is 11.3 Å². The van der Waals surface area contributed by atoms with Crippen LogP contribution < -0.4 is 11.5 Å². The number of thiophene rings is 1. The minimum Gasteiger partial charge on any atom is -0.390 e. The van der Waals surface area contributed by atoms with Gasteiger partial charge < -0.3 is 11.5 Å². The lowest BCUT2D eigenvalue weighted by molar-refractivity contribution is 0.1000. The van der Waals surface area contributed by atoms with Gasteiger partial charge in [0.15, 0.2) is 0 Å². The first-order valence-electron chi connectivity index (χ1n) is 6.49. The molecule has 0 bridgehead atoms. The van der Waals surface area contributed by atoms with E-state index in [0.29, 0.717) is 22.9 Å². The van der Waals surface area contributed by atoms with Crippen LogP contribution in [0.1, 0.15) is 47.5 Å². The van der Waals surface area contributed by atoms with E-state index in [-0.39, 0.29) is 5.41 Å². The van der Waals surface area contributed by atoms with E-state index >= 15 is 0 Å². The van der Waals surface area contributed by atoms with Crippen molar-refractivity contribution in [2.24, 2.45) is 17.1 Å². The molecule has 0 aliphatic heterocycles. The van der Waals surface area contributed by atoms with Crippen LogP contribution in [-0.2, 0) is 12.8 Å². The SMILES string of the molecule is CC(C)CC1(C#N)CCc2c(sc(N)c2C(N)=O)C1. The molecule has 4 N–H and O–H groups in total. The molecular weight excluding hydrogens is 258 g/mol. The highest BCUT2D eigenvalue weighted by atomic mass is 32.1. The smallest absolute Gasteiger partial charge is 0.251 e. The fourth-order valence-corrected chi connectivity index (χ4v) is 4.33. The van der Waals surface area contributed by atoms with Crippen LogP contribution in [0.4, 0.5) is 5.00 Å². The predicted molar refractivity (Wildman–Crippen MR) is 76.8 cm³/mol. The second-order valence-corrected chi connectivity index (χ2v) is 6.91. The Balaban J connectivity index is 2.38. The Bertz CT molecular complexity index is 556. The van der Waals surface area contributed by atoms with Gasteiger partial charge in [0.2, 0.25) is 0 Å². The number of primary amides is 1. The van der Waals surface area contributed by atoms with E-state index in [4.69, 9.17) is 11.5 Å². The Morgan fingerprint density at radius 1 is 1.58 bits per heavy atom. The number of rotatable bonds is 3. The van der Waals surface area contributed by atoms with Crippen molar-refractivity contribution in [3.63, 3.8) is 0 Å². The zero-order valence-corrected chi connectivity index (χ0v) is 12.1. The third-order valence-corrected chi connectivity index (χ3v) is 4.81. The van der Waals surface area contributed by atoms with Crippen LogP contribution in [-0.4, -0.2) is 5.91 Å². The maximum Gasteiger partial charge on any atom is 0.251 e. The maximum absolute atomic E-state index is 11.4. The number of nitriles is 1. The van der Waals surface area contributed by atoms with Gasteiger partial charge in [0, 0.05) is 11.3 Å². The van der Waals surface area contributed by atoms with Crippen molar-refractivity contribution in [1.29, 1.82) is 5.26 Å². The van der Waals surface area contributed by atoms with E-state index in [2.05, 4.69) is 19.9 Å². The molecule has 1 heterocycles. The summed E-state index contributed by atoms with van der Waals surface area (Å²) in [4.78, 5) is 12.5. The van der Waals surface area contributed by atoms with Crippen molar-refractivity contribution >= 4 is 22.2 Å². The second kappa shape index (κ2) is 4.86. The molecule has 5 heteroatoms. The Morgan fingerprint density at radius 2 is 2.26 bits per heavy atom. The highest BCUT2D eigenvalue weighted by Gasteiger charge is 2.38. The topological polar surface area (TPSA) is 92.9 Å². The summed E-state index contributed by atoms with van der Waals surface area (Å²) < 4.78 is 0. The number of hydrogen-bond acceptors (Lipinski definition) is 4. The molecule has 2 rings (SSSR count). The molecule has 0 aromatic carbocycles. The van der Waals surface area contributed by atoms with E-state index in [9.17, 15) is 10.1 Å². The van der Waals surface area contributed by atoms with Crippen LogP contribution >= 0.6 is 11.3 Å². The van der Waals surface area contributed by atoms with Crippen LogP contribution in [0.5, 0.6) is 0 Å². The summed E-state index contributed by atoms with van der Waals surface area (Å²) >= 11 is 1.42. The molecule has 0 fully saturated rings. The van der Waals surface area contributed by atoms with Gasteiger partial charge in [-0.3, -0.25) is 4.79 Å². The van der Waals surface area contributed by atoms with E-state index in [1.165, 1.54) is 11.3 Å². The zero-order valence-electron chi connectivity index (χ0n) is 11.3. The van der Waals surface area contributed by atoms with Crippen molar-refractivity contribution in [1.82, 2.24) is 0 Å². The minimum absolute atomic E-state index is 0.312. The molecule has 0 saturated carbocycles. The summed E-state index contributed by atoms with van der Waals surface area (Å²) in [5, 5.41) is 10.0. The quantitative estimate of drug-likeness (QED) is 0.888. The lowest BCUT2D eigenvalue weighted by atomic mass is 9.70. The Kier molecular flexibility index (Phi) is 3.55. The highest BCUT2D eigenvalue weighted by Crippen LogP contribution is 2.45. The van der Waals surface area contributed by atoms with Crippen molar-refractivity contribution < 1.29 is 4.79 Å². The molecule has 0 radical (unpaired) electrons. The Morgan fingerprint density at radius 3 is 2.79 bits per heavy atom. The van der Waals surface area contributed by atoms with Crippen molar-refractivity contribution in [3.8, 4) is 6.07 Å². The lowest BCUT2D eigenvalue weighted by Gasteiger charge is -2.32. The summed E-state index contributed by atoms with van der Waals surface area (Å²) in [6.07, 6.45) is 3.08. The number of nitrogen functional groups attached to an aromatic ring is 1. The largest absolute Gasteiger partial charge is 0.390 e. The number of hydrogen-bond donors (Lipinski definition) is 2. The van der Waals surface area contributed by atoms with E-state index in [1.807, 2.05) is 0 Å². The van der Waals surface area contributed by atoms with Crippen molar-refractivity contribution in [2.75, 3.05) is 5.73 Å².